The third-order valence-corrected chi connectivity index (χ3v) is 2.16. The van der Waals surface area contributed by atoms with Crippen LogP contribution in [0.2, 0.25) is 0 Å². The lowest BCUT2D eigenvalue weighted by atomic mass is 10.1. The molecule has 0 aliphatic heterocycles. The largest absolute Gasteiger partial charge is 0.382 e. The lowest BCUT2D eigenvalue weighted by Crippen LogP contribution is -2.37. The van der Waals surface area contributed by atoms with Crippen LogP contribution in [0.15, 0.2) is 6.20 Å². The third kappa shape index (κ3) is 4.37. The van der Waals surface area contributed by atoms with Gasteiger partial charge in [-0.2, -0.15) is 0 Å². The molecule has 3 N–H and O–H groups in total. The summed E-state index contributed by atoms with van der Waals surface area (Å²) in [6.45, 7) is 3.43. The number of rotatable bonds is 7. The van der Waals surface area contributed by atoms with E-state index in [1.54, 1.807) is 4.68 Å². The number of nitrogens with two attached hydrogens (primary N) is 1. The van der Waals surface area contributed by atoms with Crippen LogP contribution in [0.1, 0.15) is 19.0 Å². The Morgan fingerprint density at radius 1 is 1.67 bits per heavy atom. The number of ether oxygens (including phenoxy) is 1. The molecule has 0 amide bonds. The van der Waals surface area contributed by atoms with Gasteiger partial charge < -0.3 is 4.74 Å². The van der Waals surface area contributed by atoms with Crippen molar-refractivity contribution in [1.29, 1.82) is 0 Å². The number of nitrogens with one attached hydrogen (secondary N) is 1. The van der Waals surface area contributed by atoms with E-state index in [1.807, 2.05) is 20.2 Å². The van der Waals surface area contributed by atoms with Crippen molar-refractivity contribution in [3.63, 3.8) is 0 Å². The number of hydrazine groups is 1. The Balaban J connectivity index is 2.33. The van der Waals surface area contributed by atoms with Crippen LogP contribution in [0.25, 0.3) is 0 Å². The van der Waals surface area contributed by atoms with Crippen LogP contribution in [0, 0.1) is 0 Å². The summed E-state index contributed by atoms with van der Waals surface area (Å²) >= 11 is 0. The fraction of sp³-hybridized carbons (Fsp3) is 0.778. The summed E-state index contributed by atoms with van der Waals surface area (Å²) in [5.74, 6) is 5.45. The Bertz CT molecular complexity index is 275. The average Bonchev–Trinajstić information content (AvgIpc) is 2.63. The fourth-order valence-corrected chi connectivity index (χ4v) is 1.36. The summed E-state index contributed by atoms with van der Waals surface area (Å²) in [4.78, 5) is 0. The summed E-state index contributed by atoms with van der Waals surface area (Å²) < 4.78 is 6.96. The standard InChI is InChI=1S/C9H19N5O/c1-3-15-5-4-8(11-10)6-9-7-14(2)13-12-9/h7-8,11H,3-6,10H2,1-2H3. The van der Waals surface area contributed by atoms with Gasteiger partial charge in [-0.25, -0.2) is 0 Å². The second-order valence-electron chi connectivity index (χ2n) is 3.44. The molecule has 0 fully saturated rings. The van der Waals surface area contributed by atoms with Crippen LogP contribution in [-0.2, 0) is 18.2 Å². The molecule has 6 nitrogen and oxygen atoms in total. The molecule has 0 saturated heterocycles. The minimum atomic E-state index is 0.188. The molecule has 6 heteroatoms. The smallest absolute Gasteiger partial charge is 0.0843 e. The lowest BCUT2D eigenvalue weighted by molar-refractivity contribution is 0.136. The van der Waals surface area contributed by atoms with Crippen molar-refractivity contribution in [3.8, 4) is 0 Å². The van der Waals surface area contributed by atoms with Crippen LogP contribution in [0.5, 0.6) is 0 Å². The van der Waals surface area contributed by atoms with Crippen LogP contribution in [-0.4, -0.2) is 34.2 Å². The Morgan fingerprint density at radius 3 is 3.00 bits per heavy atom. The quantitative estimate of drug-likeness (QED) is 0.366. The molecule has 0 spiro atoms. The first-order valence-corrected chi connectivity index (χ1v) is 5.15. The molecule has 1 heterocycles. The van der Waals surface area contributed by atoms with E-state index < -0.39 is 0 Å². The maximum Gasteiger partial charge on any atom is 0.0843 e. The Kier molecular flexibility index (Phi) is 5.23. The zero-order valence-electron chi connectivity index (χ0n) is 9.31. The highest BCUT2D eigenvalue weighted by Crippen LogP contribution is 2.01. The Morgan fingerprint density at radius 2 is 2.47 bits per heavy atom. The van der Waals surface area contributed by atoms with E-state index >= 15 is 0 Å². The van der Waals surface area contributed by atoms with Gasteiger partial charge in [0.2, 0.25) is 0 Å². The van der Waals surface area contributed by atoms with Crippen molar-refractivity contribution in [2.24, 2.45) is 12.9 Å². The van der Waals surface area contributed by atoms with Crippen molar-refractivity contribution in [2.45, 2.75) is 25.8 Å². The number of aryl methyl sites for hydroxylation is 1. The van der Waals surface area contributed by atoms with E-state index in [0.717, 1.165) is 25.1 Å². The first kappa shape index (κ1) is 12.1. The summed E-state index contributed by atoms with van der Waals surface area (Å²) in [6, 6.07) is 0.188. The van der Waals surface area contributed by atoms with Gasteiger partial charge in [-0.1, -0.05) is 5.21 Å². The molecule has 0 saturated carbocycles. The number of hydrogen-bond donors (Lipinski definition) is 2. The average molecular weight is 213 g/mol. The van der Waals surface area contributed by atoms with Gasteiger partial charge in [0.15, 0.2) is 0 Å². The molecule has 1 aromatic heterocycles. The van der Waals surface area contributed by atoms with Crippen molar-refractivity contribution in [3.05, 3.63) is 11.9 Å². The van der Waals surface area contributed by atoms with Crippen LogP contribution >= 0.6 is 0 Å². The first-order valence-electron chi connectivity index (χ1n) is 5.15. The zero-order valence-corrected chi connectivity index (χ0v) is 9.31. The van der Waals surface area contributed by atoms with Gasteiger partial charge >= 0.3 is 0 Å². The highest BCUT2D eigenvalue weighted by Gasteiger charge is 2.09. The normalized spacial score (nSPS) is 13.0. The highest BCUT2D eigenvalue weighted by molar-refractivity contribution is 4.95. The van der Waals surface area contributed by atoms with Crippen molar-refractivity contribution in [1.82, 2.24) is 20.4 Å². The van der Waals surface area contributed by atoms with Gasteiger partial charge in [0.1, 0.15) is 0 Å². The second kappa shape index (κ2) is 6.49. The van der Waals surface area contributed by atoms with Gasteiger partial charge in [-0.05, 0) is 13.3 Å². The molecule has 1 unspecified atom stereocenters. The molecular formula is C9H19N5O. The summed E-state index contributed by atoms with van der Waals surface area (Å²) in [5, 5.41) is 7.88. The van der Waals surface area contributed by atoms with Gasteiger partial charge in [0.05, 0.1) is 5.69 Å². The third-order valence-electron chi connectivity index (χ3n) is 2.16. The molecule has 0 aliphatic rings. The highest BCUT2D eigenvalue weighted by atomic mass is 16.5. The van der Waals surface area contributed by atoms with Crippen LogP contribution in [0.4, 0.5) is 0 Å². The molecule has 1 rings (SSSR count). The van der Waals surface area contributed by atoms with Crippen LogP contribution < -0.4 is 11.3 Å². The van der Waals surface area contributed by atoms with Crippen molar-refractivity contribution < 1.29 is 4.74 Å². The topological polar surface area (TPSA) is 78.0 Å². The van der Waals surface area contributed by atoms with Crippen molar-refractivity contribution in [2.75, 3.05) is 13.2 Å². The van der Waals surface area contributed by atoms with Gasteiger partial charge in [-0.3, -0.25) is 16.0 Å². The first-order chi connectivity index (χ1) is 7.26. The van der Waals surface area contributed by atoms with Gasteiger partial charge in [0.25, 0.3) is 0 Å². The SMILES string of the molecule is CCOCCC(Cc1cn(C)nn1)NN. The van der Waals surface area contributed by atoms with Crippen LogP contribution in [0.3, 0.4) is 0 Å². The minimum Gasteiger partial charge on any atom is -0.382 e. The lowest BCUT2D eigenvalue weighted by Gasteiger charge is -2.13. The molecule has 86 valence electrons. The Labute approximate surface area is 89.8 Å². The number of aromatic nitrogens is 3. The molecule has 0 aromatic carbocycles. The van der Waals surface area contributed by atoms with E-state index in [-0.39, 0.29) is 6.04 Å². The molecule has 15 heavy (non-hydrogen) atoms. The number of nitrogens with zero attached hydrogens (tertiary/aromatic N) is 3. The zero-order chi connectivity index (χ0) is 11.1. The molecule has 1 atom stereocenters. The molecular weight excluding hydrogens is 194 g/mol. The monoisotopic (exact) mass is 213 g/mol. The predicted octanol–water partition coefficient (Wildman–Crippen LogP) is -0.384. The van der Waals surface area contributed by atoms with Crippen molar-refractivity contribution >= 4 is 0 Å². The maximum atomic E-state index is 5.45. The Hall–Kier alpha value is -0.980. The van der Waals surface area contributed by atoms with E-state index in [1.165, 1.54) is 0 Å². The van der Waals surface area contributed by atoms with E-state index in [2.05, 4.69) is 15.7 Å². The number of hydrogen-bond acceptors (Lipinski definition) is 5. The summed E-state index contributed by atoms with van der Waals surface area (Å²) in [7, 11) is 1.85. The van der Waals surface area contributed by atoms with Gasteiger partial charge in [0, 0.05) is 38.9 Å². The second-order valence-corrected chi connectivity index (χ2v) is 3.44. The molecule has 0 aliphatic carbocycles. The predicted molar refractivity (Wildman–Crippen MR) is 56.9 cm³/mol. The molecule has 1 aromatic rings. The molecule has 0 radical (unpaired) electrons. The van der Waals surface area contributed by atoms with E-state index in [9.17, 15) is 0 Å². The van der Waals surface area contributed by atoms with Gasteiger partial charge in [-0.15, -0.1) is 5.10 Å². The maximum absolute atomic E-state index is 5.45. The fourth-order valence-electron chi connectivity index (χ4n) is 1.36. The van der Waals surface area contributed by atoms with E-state index in [0.29, 0.717) is 6.61 Å². The molecule has 0 bridgehead atoms. The van der Waals surface area contributed by atoms with E-state index in [4.69, 9.17) is 10.6 Å². The summed E-state index contributed by atoms with van der Waals surface area (Å²) in [5.41, 5.74) is 3.70. The minimum absolute atomic E-state index is 0.188. The summed E-state index contributed by atoms with van der Waals surface area (Å²) in [6.07, 6.45) is 3.54.